The number of thiophene rings is 1. The number of carbonyl (C=O) groups is 1. The molecule has 2 aromatic rings. The van der Waals surface area contributed by atoms with Gasteiger partial charge in [0.15, 0.2) is 0 Å². The van der Waals surface area contributed by atoms with E-state index < -0.39 is 0 Å². The average molecular weight is 318 g/mol. The highest BCUT2D eigenvalue weighted by Gasteiger charge is 2.23. The second kappa shape index (κ2) is 5.40. The van der Waals surface area contributed by atoms with Crippen molar-refractivity contribution < 1.29 is 4.79 Å². The molecule has 0 radical (unpaired) electrons. The van der Waals surface area contributed by atoms with Crippen LogP contribution in [0.2, 0.25) is 5.02 Å². The van der Waals surface area contributed by atoms with Crippen LogP contribution in [0.25, 0.3) is 0 Å². The van der Waals surface area contributed by atoms with Crippen LogP contribution in [-0.2, 0) is 12.8 Å². The highest BCUT2D eigenvalue weighted by atomic mass is 35.5. The number of carbonyl (C=O) groups excluding carboxylic acids is 1. The third-order valence-corrected chi connectivity index (χ3v) is 5.06. The van der Waals surface area contributed by atoms with Gasteiger partial charge in [-0.1, -0.05) is 11.6 Å². The van der Waals surface area contributed by atoms with Crippen LogP contribution >= 0.6 is 22.9 Å². The zero-order valence-electron chi connectivity index (χ0n) is 11.1. The van der Waals surface area contributed by atoms with Crippen LogP contribution < -0.4 is 11.1 Å². The molecule has 0 aliphatic heterocycles. The van der Waals surface area contributed by atoms with Gasteiger partial charge in [0, 0.05) is 10.4 Å². The van der Waals surface area contributed by atoms with Gasteiger partial charge < -0.3 is 11.1 Å². The molecule has 0 fully saturated rings. The lowest BCUT2D eigenvalue weighted by Crippen LogP contribution is -2.12. The fourth-order valence-corrected chi connectivity index (χ4v) is 3.87. The number of fused-ring (bicyclic) bond motifs is 1. The van der Waals surface area contributed by atoms with Crippen LogP contribution in [0.1, 0.15) is 32.8 Å². The molecule has 21 heavy (non-hydrogen) atoms. The number of nitrogen functional groups attached to an aromatic ring is 1. The summed E-state index contributed by atoms with van der Waals surface area (Å²) in [6, 6.07) is 6.94. The van der Waals surface area contributed by atoms with Crippen LogP contribution in [-0.4, -0.2) is 5.91 Å². The second-order valence-electron chi connectivity index (χ2n) is 4.86. The molecule has 1 aliphatic carbocycles. The fraction of sp³-hybridized carbons (Fsp3) is 0.200. The fourth-order valence-electron chi connectivity index (χ4n) is 2.45. The maximum absolute atomic E-state index is 12.3. The highest BCUT2D eigenvalue weighted by molar-refractivity contribution is 7.16. The standard InChI is InChI=1S/C15H12ClN3OS/c16-11-6-8(4-5-12(11)18)14(20)19-15-10(7-17)9-2-1-3-13(9)21-15/h4-6H,1-3,18H2,(H,19,20). The predicted octanol–water partition coefficient (Wildman–Crippen LogP) is 3.60. The number of aryl methyl sites for hydroxylation is 1. The van der Waals surface area contributed by atoms with E-state index in [2.05, 4.69) is 11.4 Å². The van der Waals surface area contributed by atoms with Crippen molar-refractivity contribution in [1.82, 2.24) is 0 Å². The lowest BCUT2D eigenvalue weighted by atomic mass is 10.1. The lowest BCUT2D eigenvalue weighted by molar-refractivity contribution is 0.102. The summed E-state index contributed by atoms with van der Waals surface area (Å²) in [5.41, 5.74) is 8.18. The van der Waals surface area contributed by atoms with E-state index in [4.69, 9.17) is 17.3 Å². The third-order valence-electron chi connectivity index (χ3n) is 3.52. The average Bonchev–Trinajstić information content (AvgIpc) is 3.02. The summed E-state index contributed by atoms with van der Waals surface area (Å²) in [5.74, 6) is -0.284. The number of nitriles is 1. The number of anilines is 2. The number of amides is 1. The highest BCUT2D eigenvalue weighted by Crippen LogP contribution is 2.38. The topological polar surface area (TPSA) is 78.9 Å². The minimum Gasteiger partial charge on any atom is -0.398 e. The first-order valence-electron chi connectivity index (χ1n) is 6.51. The van der Waals surface area contributed by atoms with Crippen molar-refractivity contribution >= 4 is 39.5 Å². The van der Waals surface area contributed by atoms with Crippen molar-refractivity contribution in [2.45, 2.75) is 19.3 Å². The van der Waals surface area contributed by atoms with E-state index in [1.807, 2.05) is 0 Å². The van der Waals surface area contributed by atoms with Crippen LogP contribution in [0.3, 0.4) is 0 Å². The molecule has 1 amide bonds. The molecule has 1 aromatic carbocycles. The van der Waals surface area contributed by atoms with Gasteiger partial charge in [-0.3, -0.25) is 4.79 Å². The molecule has 3 N–H and O–H groups in total. The number of hydrogen-bond acceptors (Lipinski definition) is 4. The summed E-state index contributed by atoms with van der Waals surface area (Å²) in [5, 5.41) is 13.1. The van der Waals surface area contributed by atoms with E-state index in [1.165, 1.54) is 22.3 Å². The lowest BCUT2D eigenvalue weighted by Gasteiger charge is -2.05. The zero-order chi connectivity index (χ0) is 15.0. The molecule has 106 valence electrons. The van der Waals surface area contributed by atoms with Crippen molar-refractivity contribution in [2.24, 2.45) is 0 Å². The van der Waals surface area contributed by atoms with Gasteiger partial charge in [0.05, 0.1) is 16.3 Å². The molecular weight excluding hydrogens is 306 g/mol. The molecule has 0 saturated carbocycles. The summed E-state index contributed by atoms with van der Waals surface area (Å²) in [6.45, 7) is 0. The van der Waals surface area contributed by atoms with Crippen molar-refractivity contribution in [3.05, 3.63) is 44.8 Å². The molecule has 0 spiro atoms. The summed E-state index contributed by atoms with van der Waals surface area (Å²) < 4.78 is 0. The molecule has 3 rings (SSSR count). The van der Waals surface area contributed by atoms with Gasteiger partial charge in [-0.25, -0.2) is 0 Å². The largest absolute Gasteiger partial charge is 0.398 e. The summed E-state index contributed by atoms with van der Waals surface area (Å²) in [4.78, 5) is 13.5. The SMILES string of the molecule is N#Cc1c(NC(=O)c2ccc(N)c(Cl)c2)sc2c1CCC2. The van der Waals surface area contributed by atoms with Crippen molar-refractivity contribution in [3.63, 3.8) is 0 Å². The first-order valence-corrected chi connectivity index (χ1v) is 7.70. The van der Waals surface area contributed by atoms with Gasteiger partial charge in [-0.05, 0) is 43.0 Å². The first-order chi connectivity index (χ1) is 10.1. The summed E-state index contributed by atoms with van der Waals surface area (Å²) in [7, 11) is 0. The number of nitrogens with two attached hydrogens (primary N) is 1. The molecule has 1 aromatic heterocycles. The Bertz CT molecular complexity index is 776. The van der Waals surface area contributed by atoms with Crippen molar-refractivity contribution in [1.29, 1.82) is 5.26 Å². The Hall–Kier alpha value is -2.03. The van der Waals surface area contributed by atoms with E-state index in [1.54, 1.807) is 12.1 Å². The second-order valence-corrected chi connectivity index (χ2v) is 6.38. The molecule has 4 nitrogen and oxygen atoms in total. The van der Waals surface area contributed by atoms with Gasteiger partial charge in [0.25, 0.3) is 5.91 Å². The number of nitrogens with one attached hydrogen (secondary N) is 1. The van der Waals surface area contributed by atoms with E-state index >= 15 is 0 Å². The van der Waals surface area contributed by atoms with Gasteiger partial charge >= 0.3 is 0 Å². The van der Waals surface area contributed by atoms with E-state index in [-0.39, 0.29) is 5.91 Å². The van der Waals surface area contributed by atoms with Gasteiger partial charge in [0.1, 0.15) is 11.1 Å². The number of hydrogen-bond donors (Lipinski definition) is 2. The molecule has 0 bridgehead atoms. The molecular formula is C15H12ClN3OS. The molecule has 6 heteroatoms. The Balaban J connectivity index is 1.88. The molecule has 0 unspecified atom stereocenters. The number of rotatable bonds is 2. The third kappa shape index (κ3) is 2.48. The van der Waals surface area contributed by atoms with Crippen molar-refractivity contribution in [3.8, 4) is 6.07 Å². The smallest absolute Gasteiger partial charge is 0.256 e. The molecule has 0 atom stereocenters. The van der Waals surface area contributed by atoms with Crippen molar-refractivity contribution in [2.75, 3.05) is 11.1 Å². The van der Waals surface area contributed by atoms with Crippen LogP contribution in [0.4, 0.5) is 10.7 Å². The Labute approximate surface area is 131 Å². The molecule has 1 heterocycles. The maximum Gasteiger partial charge on any atom is 0.256 e. The normalized spacial score (nSPS) is 12.8. The molecule has 0 saturated heterocycles. The van der Waals surface area contributed by atoms with Crippen LogP contribution in [0.5, 0.6) is 0 Å². The first kappa shape index (κ1) is 13.9. The van der Waals surface area contributed by atoms with Crippen LogP contribution in [0.15, 0.2) is 18.2 Å². The van der Waals surface area contributed by atoms with Gasteiger partial charge in [0.2, 0.25) is 0 Å². The van der Waals surface area contributed by atoms with E-state index in [9.17, 15) is 10.1 Å². The Morgan fingerprint density at radius 2 is 2.24 bits per heavy atom. The number of nitrogens with zero attached hydrogens (tertiary/aromatic N) is 1. The van der Waals surface area contributed by atoms with E-state index in [0.717, 1.165) is 24.8 Å². The van der Waals surface area contributed by atoms with E-state index in [0.29, 0.717) is 26.8 Å². The van der Waals surface area contributed by atoms with Crippen LogP contribution in [0, 0.1) is 11.3 Å². The summed E-state index contributed by atoms with van der Waals surface area (Å²) >= 11 is 7.42. The quantitative estimate of drug-likeness (QED) is 0.831. The minimum absolute atomic E-state index is 0.284. The minimum atomic E-state index is -0.284. The molecule has 1 aliphatic rings. The number of halogens is 1. The maximum atomic E-state index is 12.3. The Morgan fingerprint density at radius 3 is 2.95 bits per heavy atom. The van der Waals surface area contributed by atoms with Gasteiger partial charge in [-0.15, -0.1) is 11.3 Å². The zero-order valence-corrected chi connectivity index (χ0v) is 12.6. The number of benzene rings is 1. The summed E-state index contributed by atoms with van der Waals surface area (Å²) in [6.07, 6.45) is 2.98. The Kier molecular flexibility index (Phi) is 3.58. The Morgan fingerprint density at radius 1 is 1.43 bits per heavy atom. The predicted molar refractivity (Wildman–Crippen MR) is 84.9 cm³/mol. The van der Waals surface area contributed by atoms with Gasteiger partial charge in [-0.2, -0.15) is 5.26 Å². The monoisotopic (exact) mass is 317 g/mol.